The lowest BCUT2D eigenvalue weighted by molar-refractivity contribution is -0.117. The van der Waals surface area contributed by atoms with Gasteiger partial charge in [-0.05, 0) is 36.6 Å². The van der Waals surface area contributed by atoms with Gasteiger partial charge in [0.15, 0.2) is 5.82 Å². The Balaban J connectivity index is 0.00000141. The first-order valence-electron chi connectivity index (χ1n) is 12.0. The number of amides is 2. The molecule has 186 valence electrons. The van der Waals surface area contributed by atoms with Crippen molar-refractivity contribution in [1.82, 2.24) is 15.3 Å². The number of fused-ring (bicyclic) bond motifs is 1. The summed E-state index contributed by atoms with van der Waals surface area (Å²) in [5.74, 6) is 0.795. The van der Waals surface area contributed by atoms with Crippen molar-refractivity contribution in [3.05, 3.63) is 41.6 Å². The van der Waals surface area contributed by atoms with Crippen LogP contribution in [0.15, 0.2) is 30.5 Å². The Morgan fingerprint density at radius 2 is 1.97 bits per heavy atom. The monoisotopic (exact) mass is 480 g/mol. The Kier molecular flexibility index (Phi) is 7.67. The number of rotatable bonds is 6. The molecule has 3 heterocycles. The van der Waals surface area contributed by atoms with Crippen LogP contribution in [0.25, 0.3) is 22.2 Å². The largest absolute Gasteiger partial charge is 0.496 e. The highest BCUT2D eigenvalue weighted by Crippen LogP contribution is 2.37. The SMILES string of the molecule is CC.CNC(=O)c1cnc(NC(=O)C2CC2)c2[nH]c(-c3ccc(C4COCCO4)cc3OC)cc12. The minimum absolute atomic E-state index is 0.0357. The molecule has 2 aliphatic rings. The fourth-order valence-corrected chi connectivity index (χ4v) is 4.05. The lowest BCUT2D eigenvalue weighted by Gasteiger charge is -2.24. The van der Waals surface area contributed by atoms with Crippen LogP contribution in [-0.2, 0) is 14.3 Å². The number of aromatic nitrogens is 2. The van der Waals surface area contributed by atoms with Crippen LogP contribution in [0.5, 0.6) is 5.75 Å². The van der Waals surface area contributed by atoms with Gasteiger partial charge in [-0.3, -0.25) is 9.59 Å². The average Bonchev–Trinajstić information content (AvgIpc) is 3.68. The van der Waals surface area contributed by atoms with E-state index in [0.29, 0.717) is 47.9 Å². The summed E-state index contributed by atoms with van der Waals surface area (Å²) in [6, 6.07) is 7.75. The summed E-state index contributed by atoms with van der Waals surface area (Å²) in [6.45, 7) is 5.66. The van der Waals surface area contributed by atoms with E-state index in [1.54, 1.807) is 14.2 Å². The molecule has 9 nitrogen and oxygen atoms in total. The molecule has 0 spiro atoms. The third-order valence-electron chi connectivity index (χ3n) is 6.03. The molecule has 0 bridgehead atoms. The summed E-state index contributed by atoms with van der Waals surface area (Å²) in [4.78, 5) is 32.5. The third-order valence-corrected chi connectivity index (χ3v) is 6.03. The Bertz CT molecular complexity index is 1210. The molecule has 3 N–H and O–H groups in total. The minimum Gasteiger partial charge on any atom is -0.496 e. The van der Waals surface area contributed by atoms with Gasteiger partial charge in [-0.1, -0.05) is 19.9 Å². The maximum Gasteiger partial charge on any atom is 0.253 e. The number of methoxy groups -OCH3 is 1. The van der Waals surface area contributed by atoms with Crippen LogP contribution in [0.2, 0.25) is 0 Å². The van der Waals surface area contributed by atoms with E-state index in [1.165, 1.54) is 6.20 Å². The van der Waals surface area contributed by atoms with Crippen LogP contribution in [0.1, 0.15) is 48.7 Å². The van der Waals surface area contributed by atoms with E-state index in [4.69, 9.17) is 14.2 Å². The van der Waals surface area contributed by atoms with Crippen molar-refractivity contribution in [2.75, 3.05) is 39.3 Å². The molecule has 1 saturated carbocycles. The Hall–Kier alpha value is -3.43. The number of carbonyl (C=O) groups is 2. The van der Waals surface area contributed by atoms with Crippen molar-refractivity contribution >= 4 is 28.5 Å². The highest BCUT2D eigenvalue weighted by atomic mass is 16.6. The molecule has 0 radical (unpaired) electrons. The molecular formula is C26H32N4O5. The number of anilines is 1. The number of hydrogen-bond acceptors (Lipinski definition) is 6. The maximum atomic E-state index is 12.5. The van der Waals surface area contributed by atoms with Crippen LogP contribution in [-0.4, -0.2) is 55.8 Å². The first-order valence-corrected chi connectivity index (χ1v) is 12.0. The van der Waals surface area contributed by atoms with Crippen molar-refractivity contribution < 1.29 is 23.8 Å². The Labute approximate surface area is 204 Å². The number of ether oxygens (including phenoxy) is 3. The summed E-state index contributed by atoms with van der Waals surface area (Å²) in [6.07, 6.45) is 3.13. The number of nitrogens with zero attached hydrogens (tertiary/aromatic N) is 1. The van der Waals surface area contributed by atoms with Gasteiger partial charge in [0.1, 0.15) is 11.9 Å². The third kappa shape index (κ3) is 5.16. The van der Waals surface area contributed by atoms with Crippen molar-refractivity contribution in [2.45, 2.75) is 32.8 Å². The molecule has 2 aromatic heterocycles. The molecule has 1 saturated heterocycles. The number of benzene rings is 1. The van der Waals surface area contributed by atoms with E-state index in [0.717, 1.165) is 29.7 Å². The first kappa shape index (κ1) is 24.7. The summed E-state index contributed by atoms with van der Waals surface area (Å²) in [5, 5.41) is 6.22. The first-order chi connectivity index (χ1) is 17.1. The lowest BCUT2D eigenvalue weighted by Crippen LogP contribution is -2.21. The summed E-state index contributed by atoms with van der Waals surface area (Å²) < 4.78 is 17.0. The molecule has 2 amide bonds. The summed E-state index contributed by atoms with van der Waals surface area (Å²) in [7, 11) is 3.19. The number of H-pyrrole nitrogens is 1. The van der Waals surface area contributed by atoms with Crippen LogP contribution >= 0.6 is 0 Å². The van der Waals surface area contributed by atoms with E-state index in [9.17, 15) is 9.59 Å². The highest BCUT2D eigenvalue weighted by Gasteiger charge is 2.30. The number of carbonyl (C=O) groups excluding carboxylic acids is 2. The zero-order chi connectivity index (χ0) is 24.9. The average molecular weight is 481 g/mol. The second-order valence-electron chi connectivity index (χ2n) is 8.23. The van der Waals surface area contributed by atoms with Crippen LogP contribution in [0, 0.1) is 5.92 Å². The maximum absolute atomic E-state index is 12.5. The summed E-state index contributed by atoms with van der Waals surface area (Å²) in [5.41, 5.74) is 3.54. The molecule has 1 atom stereocenters. The molecule has 1 aromatic carbocycles. The van der Waals surface area contributed by atoms with Crippen LogP contribution in [0.4, 0.5) is 5.82 Å². The Morgan fingerprint density at radius 3 is 2.63 bits per heavy atom. The molecule has 5 rings (SSSR count). The Morgan fingerprint density at radius 1 is 1.17 bits per heavy atom. The molecule has 1 aliphatic carbocycles. The van der Waals surface area contributed by atoms with E-state index in [-0.39, 0.29) is 23.8 Å². The van der Waals surface area contributed by atoms with Crippen molar-refractivity contribution in [1.29, 1.82) is 0 Å². The molecule has 35 heavy (non-hydrogen) atoms. The van der Waals surface area contributed by atoms with Gasteiger partial charge in [0.2, 0.25) is 5.91 Å². The van der Waals surface area contributed by atoms with Gasteiger partial charge in [0.05, 0.1) is 43.7 Å². The highest BCUT2D eigenvalue weighted by molar-refractivity contribution is 6.11. The molecular weight excluding hydrogens is 448 g/mol. The fraction of sp³-hybridized carbons (Fsp3) is 0.423. The van der Waals surface area contributed by atoms with Crippen LogP contribution in [0.3, 0.4) is 0 Å². The topological polar surface area (TPSA) is 115 Å². The number of pyridine rings is 1. The van der Waals surface area contributed by atoms with Crippen LogP contribution < -0.4 is 15.4 Å². The molecule has 1 aliphatic heterocycles. The number of hydrogen-bond donors (Lipinski definition) is 3. The van der Waals surface area contributed by atoms with E-state index >= 15 is 0 Å². The van der Waals surface area contributed by atoms with Gasteiger partial charge in [-0.25, -0.2) is 4.98 Å². The molecule has 2 fully saturated rings. The zero-order valence-electron chi connectivity index (χ0n) is 20.6. The predicted octanol–water partition coefficient (Wildman–Crippen LogP) is 4.06. The van der Waals surface area contributed by atoms with Gasteiger partial charge < -0.3 is 29.8 Å². The normalized spacial score (nSPS) is 17.3. The van der Waals surface area contributed by atoms with Crippen molar-refractivity contribution in [3.8, 4) is 17.0 Å². The number of aromatic amines is 1. The lowest BCUT2D eigenvalue weighted by atomic mass is 10.0. The minimum atomic E-state index is -0.255. The van der Waals surface area contributed by atoms with E-state index < -0.39 is 0 Å². The van der Waals surface area contributed by atoms with E-state index in [2.05, 4.69) is 20.6 Å². The molecule has 1 unspecified atom stereocenters. The van der Waals surface area contributed by atoms with Gasteiger partial charge in [0.25, 0.3) is 5.91 Å². The smallest absolute Gasteiger partial charge is 0.253 e. The van der Waals surface area contributed by atoms with Gasteiger partial charge in [-0.2, -0.15) is 0 Å². The van der Waals surface area contributed by atoms with Gasteiger partial charge in [0, 0.05) is 30.1 Å². The summed E-state index contributed by atoms with van der Waals surface area (Å²) >= 11 is 0. The van der Waals surface area contributed by atoms with E-state index in [1.807, 2.05) is 38.1 Å². The van der Waals surface area contributed by atoms with Gasteiger partial charge in [-0.15, -0.1) is 0 Å². The number of nitrogens with one attached hydrogen (secondary N) is 3. The zero-order valence-corrected chi connectivity index (χ0v) is 20.6. The quantitative estimate of drug-likeness (QED) is 0.490. The molecule has 9 heteroatoms. The standard InChI is InChI=1S/C24H26N4O5.C2H6/c1-25-24(30)17-11-26-22(28-23(29)13-3-4-13)21-16(17)10-18(27-21)15-6-5-14(9-19(15)31-2)20-12-32-7-8-33-20;1-2/h5-6,9-11,13,20,27H,3-4,7-8,12H2,1-2H3,(H,25,30)(H,26,28,29);1-2H3. The fourth-order valence-electron chi connectivity index (χ4n) is 4.05. The van der Waals surface area contributed by atoms with Crippen molar-refractivity contribution in [3.63, 3.8) is 0 Å². The molecule has 3 aromatic rings. The second-order valence-corrected chi connectivity index (χ2v) is 8.23. The van der Waals surface area contributed by atoms with Gasteiger partial charge >= 0.3 is 0 Å². The van der Waals surface area contributed by atoms with Crippen molar-refractivity contribution in [2.24, 2.45) is 5.92 Å². The predicted molar refractivity (Wildman–Crippen MR) is 134 cm³/mol. The second kappa shape index (κ2) is 10.9.